The third-order valence-corrected chi connectivity index (χ3v) is 7.05. The number of benzene rings is 1. The van der Waals surface area contributed by atoms with Gasteiger partial charge in [0, 0.05) is 31.2 Å². The van der Waals surface area contributed by atoms with Crippen molar-refractivity contribution in [2.45, 2.75) is 45.0 Å². The van der Waals surface area contributed by atoms with Gasteiger partial charge in [0.25, 0.3) is 0 Å². The van der Waals surface area contributed by atoms with E-state index in [2.05, 4.69) is 10.2 Å². The van der Waals surface area contributed by atoms with Crippen LogP contribution in [0.25, 0.3) is 0 Å². The summed E-state index contributed by atoms with van der Waals surface area (Å²) < 4.78 is 16.2. The number of aliphatic hydroxyl groups excluding tert-OH is 1. The number of likely N-dealkylation sites (tertiary alicyclic amines) is 1. The summed E-state index contributed by atoms with van der Waals surface area (Å²) in [7, 11) is 1.66. The molecule has 7 nitrogen and oxygen atoms in total. The van der Waals surface area contributed by atoms with Crippen LogP contribution in [0.15, 0.2) is 12.1 Å². The summed E-state index contributed by atoms with van der Waals surface area (Å²) in [5.74, 6) is -0.266. The fraction of sp³-hybridized carbons (Fsp3) is 0.682. The second-order valence-corrected chi connectivity index (χ2v) is 8.58. The average molecular weight is 405 g/mol. The quantitative estimate of drug-likeness (QED) is 0.552. The molecule has 1 aromatic rings. The topological polar surface area (TPSA) is 80.3 Å². The monoisotopic (exact) mass is 404 g/mol. The molecule has 3 aliphatic heterocycles. The summed E-state index contributed by atoms with van der Waals surface area (Å²) in [6, 6.07) is 3.66. The molecule has 0 aliphatic carbocycles. The van der Waals surface area contributed by atoms with Crippen LogP contribution < -0.4 is 5.32 Å². The smallest absolute Gasteiger partial charge is 0.338 e. The summed E-state index contributed by atoms with van der Waals surface area (Å²) in [6.45, 7) is 7.03. The van der Waals surface area contributed by atoms with Crippen molar-refractivity contribution in [3.63, 3.8) is 0 Å². The Morgan fingerprint density at radius 1 is 1.34 bits per heavy atom. The van der Waals surface area contributed by atoms with E-state index in [-0.39, 0.29) is 17.5 Å². The van der Waals surface area contributed by atoms with Gasteiger partial charge in [0.2, 0.25) is 0 Å². The molecule has 29 heavy (non-hydrogen) atoms. The number of aliphatic hydroxyl groups is 1. The molecule has 3 heterocycles. The van der Waals surface area contributed by atoms with Gasteiger partial charge < -0.3 is 29.5 Å². The van der Waals surface area contributed by atoms with Crippen molar-refractivity contribution in [1.29, 1.82) is 0 Å². The van der Waals surface area contributed by atoms with E-state index in [9.17, 15) is 9.90 Å². The molecule has 3 aliphatic rings. The fourth-order valence-electron chi connectivity index (χ4n) is 5.16. The molecule has 2 fully saturated rings. The first-order valence-electron chi connectivity index (χ1n) is 10.6. The highest BCUT2D eigenvalue weighted by molar-refractivity contribution is 5.93. The van der Waals surface area contributed by atoms with Gasteiger partial charge in [-0.15, -0.1) is 0 Å². The number of hydrogen-bond acceptors (Lipinski definition) is 7. The van der Waals surface area contributed by atoms with Gasteiger partial charge >= 0.3 is 5.97 Å². The largest absolute Gasteiger partial charge is 0.457 e. The molecular formula is C22H32N2O5. The summed E-state index contributed by atoms with van der Waals surface area (Å²) in [6.07, 6.45) is 2.87. The van der Waals surface area contributed by atoms with Crippen molar-refractivity contribution in [2.75, 3.05) is 46.6 Å². The number of nitrogens with zero attached hydrogens (tertiary/aromatic N) is 1. The molecular weight excluding hydrogens is 372 g/mol. The molecule has 7 heteroatoms. The number of rotatable bonds is 6. The zero-order chi connectivity index (χ0) is 20.4. The second kappa shape index (κ2) is 8.70. The van der Waals surface area contributed by atoms with E-state index in [0.717, 1.165) is 62.1 Å². The molecule has 4 rings (SSSR count). The van der Waals surface area contributed by atoms with Gasteiger partial charge in [-0.1, -0.05) is 6.07 Å². The number of β-amino-alcohol motifs (C(OH)–C–C–N with tert-alkyl or cyclic N) is 1. The molecule has 0 saturated carbocycles. The molecule has 0 amide bonds. The number of hydrogen-bond donors (Lipinski definition) is 2. The van der Waals surface area contributed by atoms with Gasteiger partial charge in [-0.3, -0.25) is 0 Å². The van der Waals surface area contributed by atoms with E-state index in [1.165, 1.54) is 0 Å². The van der Waals surface area contributed by atoms with Crippen LogP contribution >= 0.6 is 0 Å². The fourth-order valence-corrected chi connectivity index (χ4v) is 5.16. The Labute approximate surface area is 172 Å². The first-order chi connectivity index (χ1) is 14.0. The van der Waals surface area contributed by atoms with E-state index in [4.69, 9.17) is 14.2 Å². The van der Waals surface area contributed by atoms with Crippen LogP contribution in [0.4, 0.5) is 0 Å². The Hall–Kier alpha value is -1.51. The number of carbonyl (C=O) groups is 1. The van der Waals surface area contributed by atoms with Crippen molar-refractivity contribution in [3.05, 3.63) is 34.4 Å². The van der Waals surface area contributed by atoms with Crippen molar-refractivity contribution in [1.82, 2.24) is 10.2 Å². The molecule has 0 aromatic heterocycles. The predicted molar refractivity (Wildman–Crippen MR) is 108 cm³/mol. The number of ether oxygens (including phenoxy) is 3. The lowest BCUT2D eigenvalue weighted by atomic mass is 9.69. The van der Waals surface area contributed by atoms with Crippen molar-refractivity contribution in [2.24, 2.45) is 5.41 Å². The summed E-state index contributed by atoms with van der Waals surface area (Å²) in [5.41, 5.74) is 3.61. The Morgan fingerprint density at radius 2 is 2.14 bits per heavy atom. The van der Waals surface area contributed by atoms with Gasteiger partial charge in [-0.05, 0) is 63.0 Å². The van der Waals surface area contributed by atoms with E-state index in [1.54, 1.807) is 13.2 Å². The van der Waals surface area contributed by atoms with Crippen molar-refractivity contribution >= 4 is 5.97 Å². The number of piperidine rings is 2. The minimum Gasteiger partial charge on any atom is -0.457 e. The van der Waals surface area contributed by atoms with Crippen LogP contribution in [0.1, 0.15) is 52.4 Å². The molecule has 2 N–H and O–H groups in total. The molecule has 2 saturated heterocycles. The van der Waals surface area contributed by atoms with Gasteiger partial charge in [0.1, 0.15) is 13.4 Å². The first-order valence-corrected chi connectivity index (χ1v) is 10.6. The third-order valence-electron chi connectivity index (χ3n) is 7.05. The second-order valence-electron chi connectivity index (χ2n) is 8.58. The van der Waals surface area contributed by atoms with Crippen LogP contribution in [-0.2, 0) is 20.8 Å². The summed E-state index contributed by atoms with van der Waals surface area (Å²) >= 11 is 0. The molecule has 0 radical (unpaired) electrons. The Morgan fingerprint density at radius 3 is 2.90 bits per heavy atom. The summed E-state index contributed by atoms with van der Waals surface area (Å²) in [5, 5.41) is 14.3. The zero-order valence-corrected chi connectivity index (χ0v) is 17.4. The molecule has 1 spiro atoms. The Balaban J connectivity index is 1.38. The number of nitrogens with one attached hydrogen (secondary N) is 1. The molecule has 0 bridgehead atoms. The number of fused-ring (bicyclic) bond motifs is 1. The van der Waals surface area contributed by atoms with Gasteiger partial charge in [0.05, 0.1) is 17.8 Å². The minimum atomic E-state index is -0.571. The molecule has 2 atom stereocenters. The van der Waals surface area contributed by atoms with Crippen LogP contribution in [0.5, 0.6) is 0 Å². The lowest BCUT2D eigenvalue weighted by molar-refractivity contribution is -0.142. The zero-order valence-electron chi connectivity index (χ0n) is 17.4. The highest BCUT2D eigenvalue weighted by atomic mass is 16.7. The lowest BCUT2D eigenvalue weighted by Gasteiger charge is -2.49. The van der Waals surface area contributed by atoms with E-state index in [0.29, 0.717) is 25.5 Å². The Bertz CT molecular complexity index is 745. The van der Waals surface area contributed by atoms with E-state index in [1.807, 2.05) is 13.0 Å². The maximum absolute atomic E-state index is 11.7. The number of cyclic esters (lactones) is 1. The van der Waals surface area contributed by atoms with Crippen LogP contribution in [0, 0.1) is 12.3 Å². The first kappa shape index (κ1) is 20.8. The van der Waals surface area contributed by atoms with E-state index < -0.39 is 6.10 Å². The van der Waals surface area contributed by atoms with Crippen LogP contribution in [0.2, 0.25) is 0 Å². The molecule has 160 valence electrons. The van der Waals surface area contributed by atoms with Gasteiger partial charge in [-0.25, -0.2) is 4.79 Å². The standard InChI is InChI=1S/C22H32N2O5/c1-15-16(3-4-17-18(15)13-28-21(17)26)19(25)12-24-9-6-22(7-10-24)5-8-23-11-20(22)29-14-27-2/h3-4,19-20,23,25H,5-14H2,1-2H3. The molecule has 2 unspecified atom stereocenters. The number of methoxy groups -OCH3 is 1. The lowest BCUT2D eigenvalue weighted by Crippen LogP contribution is -2.55. The highest BCUT2D eigenvalue weighted by Crippen LogP contribution is 2.41. The number of esters is 1. The average Bonchev–Trinajstić information content (AvgIpc) is 3.11. The maximum atomic E-state index is 11.7. The summed E-state index contributed by atoms with van der Waals surface area (Å²) in [4.78, 5) is 14.1. The van der Waals surface area contributed by atoms with E-state index >= 15 is 0 Å². The van der Waals surface area contributed by atoms with Crippen molar-refractivity contribution in [3.8, 4) is 0 Å². The SMILES string of the molecule is COCOC1CNCCC12CCN(CC(O)c1ccc3c(c1C)COC3=O)CC2. The van der Waals surface area contributed by atoms with Gasteiger partial charge in [0.15, 0.2) is 0 Å². The Kier molecular flexibility index (Phi) is 6.22. The van der Waals surface area contributed by atoms with Crippen LogP contribution in [0.3, 0.4) is 0 Å². The van der Waals surface area contributed by atoms with Crippen LogP contribution in [-0.4, -0.2) is 68.7 Å². The normalized spacial score (nSPS) is 25.1. The minimum absolute atomic E-state index is 0.180. The predicted octanol–water partition coefficient (Wildman–Crippen LogP) is 1.76. The number of carbonyl (C=O) groups excluding carboxylic acids is 1. The molecule has 1 aromatic carbocycles. The third kappa shape index (κ3) is 4.07. The van der Waals surface area contributed by atoms with Gasteiger partial charge in [-0.2, -0.15) is 0 Å². The van der Waals surface area contributed by atoms with Crippen molar-refractivity contribution < 1.29 is 24.1 Å². The highest BCUT2D eigenvalue weighted by Gasteiger charge is 2.44. The maximum Gasteiger partial charge on any atom is 0.338 e.